The molecule has 3 rings (SSSR count). The highest BCUT2D eigenvalue weighted by Crippen LogP contribution is 2.23. The number of hydrogen-bond acceptors (Lipinski definition) is 5. The molecule has 0 radical (unpaired) electrons. The Balaban J connectivity index is 1.53. The number of amides is 1. The maximum absolute atomic E-state index is 11.7. The van der Waals surface area contributed by atoms with E-state index in [1.54, 1.807) is 0 Å². The Hall–Kier alpha value is -1.73. The molecule has 6 nitrogen and oxygen atoms in total. The first-order chi connectivity index (χ1) is 11.5. The van der Waals surface area contributed by atoms with Gasteiger partial charge in [-0.2, -0.15) is 0 Å². The minimum absolute atomic E-state index is 0.0416. The Morgan fingerprint density at radius 2 is 2.25 bits per heavy atom. The number of rotatable bonds is 7. The molecule has 0 bridgehead atoms. The summed E-state index contributed by atoms with van der Waals surface area (Å²) in [6.07, 6.45) is 2.18. The lowest BCUT2D eigenvalue weighted by molar-refractivity contribution is -0.118. The summed E-state index contributed by atoms with van der Waals surface area (Å²) < 4.78 is 7.58. The van der Waals surface area contributed by atoms with Crippen molar-refractivity contribution in [1.29, 1.82) is 0 Å². The topological polar surface area (TPSA) is 69.0 Å². The zero-order valence-electron chi connectivity index (χ0n) is 13.6. The fourth-order valence-corrected chi connectivity index (χ4v) is 2.94. The zero-order chi connectivity index (χ0) is 17.1. The summed E-state index contributed by atoms with van der Waals surface area (Å²) in [5.41, 5.74) is 0.963. The monoisotopic (exact) mass is 366 g/mol. The Labute approximate surface area is 149 Å². The van der Waals surface area contributed by atoms with E-state index >= 15 is 0 Å². The van der Waals surface area contributed by atoms with E-state index in [2.05, 4.69) is 15.5 Å². The molecule has 1 amide bonds. The van der Waals surface area contributed by atoms with Gasteiger partial charge in [0.1, 0.15) is 12.4 Å². The van der Waals surface area contributed by atoms with E-state index in [4.69, 9.17) is 16.3 Å². The molecule has 0 atom stereocenters. The molecule has 2 aromatic rings. The number of nitrogens with zero attached hydrogens (tertiary/aromatic N) is 3. The van der Waals surface area contributed by atoms with Gasteiger partial charge >= 0.3 is 0 Å². The molecule has 24 heavy (non-hydrogen) atoms. The van der Waals surface area contributed by atoms with E-state index in [1.165, 1.54) is 11.8 Å². The molecule has 8 heteroatoms. The van der Waals surface area contributed by atoms with Gasteiger partial charge in [0.15, 0.2) is 11.0 Å². The van der Waals surface area contributed by atoms with Crippen molar-refractivity contribution in [3.05, 3.63) is 34.6 Å². The van der Waals surface area contributed by atoms with E-state index in [0.717, 1.165) is 24.2 Å². The highest BCUT2D eigenvalue weighted by atomic mass is 35.5. The first kappa shape index (κ1) is 17.1. The summed E-state index contributed by atoms with van der Waals surface area (Å²) in [5, 5.41) is 12.6. The molecule has 128 valence electrons. The summed E-state index contributed by atoms with van der Waals surface area (Å²) in [5.74, 6) is 1.82. The number of aromatic nitrogens is 3. The van der Waals surface area contributed by atoms with Gasteiger partial charge < -0.3 is 14.6 Å². The van der Waals surface area contributed by atoms with Gasteiger partial charge in [0.25, 0.3) is 0 Å². The summed E-state index contributed by atoms with van der Waals surface area (Å²) >= 11 is 7.38. The van der Waals surface area contributed by atoms with Gasteiger partial charge in [0, 0.05) is 18.1 Å². The largest absolute Gasteiger partial charge is 0.486 e. The van der Waals surface area contributed by atoms with Gasteiger partial charge in [-0.05, 0) is 43.5 Å². The van der Waals surface area contributed by atoms with Crippen LogP contribution >= 0.6 is 23.4 Å². The summed E-state index contributed by atoms with van der Waals surface area (Å²) in [6, 6.07) is 5.90. The van der Waals surface area contributed by atoms with E-state index in [1.807, 2.05) is 36.7 Å². The normalized spacial score (nSPS) is 13.8. The molecular formula is C16H19ClN4O2S. The van der Waals surface area contributed by atoms with Crippen molar-refractivity contribution >= 4 is 29.3 Å². The van der Waals surface area contributed by atoms with Crippen LogP contribution in [0.2, 0.25) is 5.02 Å². The lowest BCUT2D eigenvalue weighted by atomic mass is 10.2. The maximum Gasteiger partial charge on any atom is 0.230 e. The van der Waals surface area contributed by atoms with Crippen LogP contribution in [-0.4, -0.2) is 32.5 Å². The van der Waals surface area contributed by atoms with E-state index in [9.17, 15) is 4.79 Å². The molecule has 1 saturated carbocycles. The van der Waals surface area contributed by atoms with Gasteiger partial charge in [0.2, 0.25) is 5.91 Å². The first-order valence-corrected chi connectivity index (χ1v) is 9.08. The Bertz CT molecular complexity index is 746. The SMILES string of the molecule is Cc1cc(OCc2nnc(SCC(=O)NC3CC3)n2C)ccc1Cl. The smallest absolute Gasteiger partial charge is 0.230 e. The number of halogens is 1. The number of ether oxygens (including phenoxy) is 1. The van der Waals surface area contributed by atoms with Crippen LogP contribution in [0.3, 0.4) is 0 Å². The van der Waals surface area contributed by atoms with Gasteiger partial charge in [-0.1, -0.05) is 23.4 Å². The lowest BCUT2D eigenvalue weighted by Gasteiger charge is -2.08. The van der Waals surface area contributed by atoms with Crippen molar-refractivity contribution in [3.8, 4) is 5.75 Å². The molecule has 1 heterocycles. The third-order valence-corrected chi connectivity index (χ3v) is 5.14. The minimum Gasteiger partial charge on any atom is -0.486 e. The third kappa shape index (κ3) is 4.42. The second-order valence-electron chi connectivity index (χ2n) is 5.79. The second kappa shape index (κ2) is 7.44. The van der Waals surface area contributed by atoms with E-state index in [-0.39, 0.29) is 5.91 Å². The molecule has 0 spiro atoms. The van der Waals surface area contributed by atoms with Crippen molar-refractivity contribution in [2.45, 2.75) is 37.6 Å². The van der Waals surface area contributed by atoms with Crippen LogP contribution in [0.5, 0.6) is 5.75 Å². The number of benzene rings is 1. The maximum atomic E-state index is 11.7. The number of nitrogens with one attached hydrogen (secondary N) is 1. The number of hydrogen-bond donors (Lipinski definition) is 1. The average Bonchev–Trinajstić information content (AvgIpc) is 3.29. The van der Waals surface area contributed by atoms with E-state index < -0.39 is 0 Å². The standard InChI is InChI=1S/C16H19ClN4O2S/c1-10-7-12(5-6-13(10)17)23-8-14-19-20-16(21(14)2)24-9-15(22)18-11-3-4-11/h5-7,11H,3-4,8-9H2,1-2H3,(H,18,22). The highest BCUT2D eigenvalue weighted by Gasteiger charge is 2.23. The highest BCUT2D eigenvalue weighted by molar-refractivity contribution is 7.99. The predicted molar refractivity (Wildman–Crippen MR) is 93.4 cm³/mol. The number of carbonyl (C=O) groups is 1. The number of thioether (sulfide) groups is 1. The van der Waals surface area contributed by atoms with E-state index in [0.29, 0.717) is 34.4 Å². The molecule has 1 N–H and O–H groups in total. The van der Waals surface area contributed by atoms with Crippen LogP contribution in [0.4, 0.5) is 0 Å². The van der Waals surface area contributed by atoms with Crippen molar-refractivity contribution < 1.29 is 9.53 Å². The predicted octanol–water partition coefficient (Wildman–Crippen LogP) is 2.73. The Kier molecular flexibility index (Phi) is 5.30. The van der Waals surface area contributed by atoms with Gasteiger partial charge in [-0.25, -0.2) is 0 Å². The molecule has 1 aliphatic carbocycles. The first-order valence-electron chi connectivity index (χ1n) is 7.72. The quantitative estimate of drug-likeness (QED) is 0.763. The van der Waals surface area contributed by atoms with Crippen LogP contribution in [-0.2, 0) is 18.4 Å². The summed E-state index contributed by atoms with van der Waals surface area (Å²) in [7, 11) is 1.87. The fourth-order valence-electron chi connectivity index (χ4n) is 2.08. The van der Waals surface area contributed by atoms with Crippen LogP contribution < -0.4 is 10.1 Å². The van der Waals surface area contributed by atoms with Crippen molar-refractivity contribution in [2.24, 2.45) is 7.05 Å². The minimum atomic E-state index is 0.0416. The summed E-state index contributed by atoms with van der Waals surface area (Å²) in [4.78, 5) is 11.7. The molecule has 0 unspecified atom stereocenters. The van der Waals surface area contributed by atoms with Gasteiger partial charge in [-0.15, -0.1) is 10.2 Å². The number of carbonyl (C=O) groups excluding carboxylic acids is 1. The van der Waals surface area contributed by atoms with Gasteiger partial charge in [0.05, 0.1) is 5.75 Å². The fraction of sp³-hybridized carbons (Fsp3) is 0.438. The third-order valence-electron chi connectivity index (χ3n) is 3.70. The molecular weight excluding hydrogens is 348 g/mol. The van der Waals surface area contributed by atoms with Crippen LogP contribution in [0.25, 0.3) is 0 Å². The molecule has 0 aliphatic heterocycles. The second-order valence-corrected chi connectivity index (χ2v) is 7.14. The Morgan fingerprint density at radius 1 is 1.46 bits per heavy atom. The van der Waals surface area contributed by atoms with Crippen LogP contribution in [0, 0.1) is 6.92 Å². The molecule has 1 aromatic carbocycles. The molecule has 1 fully saturated rings. The van der Waals surface area contributed by atoms with Crippen LogP contribution in [0.1, 0.15) is 24.2 Å². The lowest BCUT2D eigenvalue weighted by Crippen LogP contribution is -2.27. The summed E-state index contributed by atoms with van der Waals surface area (Å²) in [6.45, 7) is 2.23. The van der Waals surface area contributed by atoms with Gasteiger partial charge in [-0.3, -0.25) is 4.79 Å². The van der Waals surface area contributed by atoms with Crippen molar-refractivity contribution in [1.82, 2.24) is 20.1 Å². The van der Waals surface area contributed by atoms with Crippen molar-refractivity contribution in [2.75, 3.05) is 5.75 Å². The number of aryl methyl sites for hydroxylation is 1. The Morgan fingerprint density at radius 3 is 2.96 bits per heavy atom. The molecule has 1 aliphatic rings. The zero-order valence-corrected chi connectivity index (χ0v) is 15.2. The average molecular weight is 367 g/mol. The molecule has 1 aromatic heterocycles. The van der Waals surface area contributed by atoms with Crippen LogP contribution in [0.15, 0.2) is 23.4 Å². The molecule has 0 saturated heterocycles. The van der Waals surface area contributed by atoms with Crippen molar-refractivity contribution in [3.63, 3.8) is 0 Å².